The van der Waals surface area contributed by atoms with Gasteiger partial charge < -0.3 is 10.2 Å². The molecule has 2 rings (SSSR count). The fourth-order valence-corrected chi connectivity index (χ4v) is 3.20. The summed E-state index contributed by atoms with van der Waals surface area (Å²) in [4.78, 5) is 23.8. The van der Waals surface area contributed by atoms with Gasteiger partial charge in [0, 0.05) is 46.0 Å². The molecular weight excluding hydrogens is 412 g/mol. The quantitative estimate of drug-likeness (QED) is 0.242. The van der Waals surface area contributed by atoms with E-state index in [9.17, 15) is 4.79 Å². The summed E-state index contributed by atoms with van der Waals surface area (Å²) in [5.41, 5.74) is 1.68. The van der Waals surface area contributed by atoms with Crippen molar-refractivity contribution in [1.82, 2.24) is 19.4 Å². The number of aliphatic imine (C=N–C) groups is 2. The van der Waals surface area contributed by atoms with E-state index in [1.807, 2.05) is 25.3 Å². The molecule has 7 nitrogen and oxygen atoms in total. The second kappa shape index (κ2) is 14.1. The number of hydrogen-bond acceptors (Lipinski definition) is 3. The van der Waals surface area contributed by atoms with Crippen molar-refractivity contribution in [3.8, 4) is 24.7 Å². The zero-order chi connectivity index (χ0) is 23.2. The molecule has 1 saturated heterocycles. The van der Waals surface area contributed by atoms with Gasteiger partial charge in [-0.2, -0.15) is 4.99 Å². The molecule has 0 radical (unpaired) electrons. The van der Waals surface area contributed by atoms with Crippen LogP contribution in [0.2, 0.25) is 0 Å². The Labute approximate surface area is 190 Å². The van der Waals surface area contributed by atoms with Gasteiger partial charge >= 0.3 is 5.69 Å². The van der Waals surface area contributed by atoms with E-state index in [4.69, 9.17) is 11.6 Å². The van der Waals surface area contributed by atoms with Crippen molar-refractivity contribution in [3.63, 3.8) is 0 Å². The molecule has 1 aliphatic rings. The Morgan fingerprint density at radius 1 is 1.39 bits per heavy atom. The van der Waals surface area contributed by atoms with Crippen molar-refractivity contribution in [2.75, 3.05) is 33.2 Å². The number of rotatable bonds is 6. The second-order valence-electron chi connectivity index (χ2n) is 6.54. The van der Waals surface area contributed by atoms with Crippen molar-refractivity contribution in [1.29, 1.82) is 0 Å². The average Bonchev–Trinajstić information content (AvgIpc) is 3.12. The summed E-state index contributed by atoms with van der Waals surface area (Å²) in [6.07, 6.45) is 14.4. The molecule has 0 atom stereocenters. The van der Waals surface area contributed by atoms with Gasteiger partial charge in [-0.05, 0) is 31.9 Å². The van der Waals surface area contributed by atoms with E-state index in [2.05, 4.69) is 51.5 Å². The Kier molecular flexibility index (Phi) is 11.8. The summed E-state index contributed by atoms with van der Waals surface area (Å²) < 4.78 is 3.35. The Bertz CT molecular complexity index is 962. The van der Waals surface area contributed by atoms with Crippen LogP contribution in [-0.2, 0) is 13.1 Å². The highest BCUT2D eigenvalue weighted by Crippen LogP contribution is 2.11. The van der Waals surface area contributed by atoms with Crippen LogP contribution >= 0.6 is 11.6 Å². The fraction of sp³-hybridized carbons (Fsp3) is 0.435. The lowest BCUT2D eigenvalue weighted by molar-refractivity contribution is 0.357. The lowest BCUT2D eigenvalue weighted by atomic mass is 10.2. The first-order valence-corrected chi connectivity index (χ1v) is 10.4. The van der Waals surface area contributed by atoms with Crippen LogP contribution in [0, 0.1) is 24.7 Å². The van der Waals surface area contributed by atoms with Gasteiger partial charge in [-0.15, -0.1) is 25.3 Å². The first-order valence-electron chi connectivity index (χ1n) is 10.0. The maximum absolute atomic E-state index is 13.1. The van der Waals surface area contributed by atoms with Gasteiger partial charge in [0.25, 0.3) is 0 Å². The van der Waals surface area contributed by atoms with Crippen molar-refractivity contribution < 1.29 is 0 Å². The SMILES string of the molecule is C#C.C=CC/C(=C\C)Cn1cc(/C(=N\C(Cl)=NC)N2CCNCC2)n(CC#CC)c1=O. The zero-order valence-corrected chi connectivity index (χ0v) is 19.3. The van der Waals surface area contributed by atoms with Gasteiger partial charge in [0.1, 0.15) is 5.69 Å². The predicted molar refractivity (Wildman–Crippen MR) is 131 cm³/mol. The number of imidazole rings is 1. The summed E-state index contributed by atoms with van der Waals surface area (Å²) in [6.45, 7) is 11.5. The van der Waals surface area contributed by atoms with Crippen LogP contribution in [-0.4, -0.2) is 58.4 Å². The molecule has 8 heteroatoms. The molecule has 0 spiro atoms. The fourth-order valence-electron chi connectivity index (χ4n) is 3.12. The molecule has 0 bridgehead atoms. The van der Waals surface area contributed by atoms with Gasteiger partial charge in [0.15, 0.2) is 5.84 Å². The van der Waals surface area contributed by atoms with Crippen LogP contribution in [0.25, 0.3) is 0 Å². The minimum absolute atomic E-state index is 0.126. The van der Waals surface area contributed by atoms with Gasteiger partial charge in [0.05, 0.1) is 6.54 Å². The Hall–Kier alpha value is -3.00. The van der Waals surface area contributed by atoms with E-state index in [-0.39, 0.29) is 17.5 Å². The lowest BCUT2D eigenvalue weighted by Crippen LogP contribution is -2.47. The van der Waals surface area contributed by atoms with Crippen molar-refractivity contribution in [2.24, 2.45) is 9.98 Å². The molecule has 0 aliphatic carbocycles. The average molecular weight is 443 g/mol. The number of amidine groups is 2. The molecule has 0 aromatic carbocycles. The number of piperazine rings is 1. The van der Waals surface area contributed by atoms with Gasteiger partial charge in [0.2, 0.25) is 5.29 Å². The molecule has 1 fully saturated rings. The molecule has 1 aromatic rings. The Morgan fingerprint density at radius 3 is 2.61 bits per heavy atom. The monoisotopic (exact) mass is 442 g/mol. The summed E-state index contributed by atoms with van der Waals surface area (Å²) in [6, 6.07) is 0. The van der Waals surface area contributed by atoms with E-state index in [1.54, 1.807) is 23.1 Å². The molecule has 1 aromatic heterocycles. The second-order valence-corrected chi connectivity index (χ2v) is 6.88. The number of nitrogens with one attached hydrogen (secondary N) is 1. The van der Waals surface area contributed by atoms with Crippen molar-refractivity contribution in [3.05, 3.63) is 46.7 Å². The minimum Gasteiger partial charge on any atom is -0.352 e. The summed E-state index contributed by atoms with van der Waals surface area (Å²) in [5, 5.41) is 3.47. The molecule has 0 saturated carbocycles. The van der Waals surface area contributed by atoms with E-state index in [0.29, 0.717) is 18.1 Å². The molecular formula is C23H31ClN6O. The lowest BCUT2D eigenvalue weighted by Gasteiger charge is -2.30. The zero-order valence-electron chi connectivity index (χ0n) is 18.6. The summed E-state index contributed by atoms with van der Waals surface area (Å²) in [5.74, 6) is 6.50. The molecule has 0 amide bonds. The summed E-state index contributed by atoms with van der Waals surface area (Å²) >= 11 is 6.16. The minimum atomic E-state index is -0.126. The normalized spacial score (nSPS) is 14.9. The predicted octanol–water partition coefficient (Wildman–Crippen LogP) is 2.32. The third-order valence-electron chi connectivity index (χ3n) is 4.68. The number of nitrogens with zero attached hydrogens (tertiary/aromatic N) is 5. The number of hydrogen-bond donors (Lipinski definition) is 1. The van der Waals surface area contributed by atoms with Crippen LogP contribution < -0.4 is 11.0 Å². The largest absolute Gasteiger partial charge is 0.352 e. The maximum atomic E-state index is 13.1. The van der Waals surface area contributed by atoms with Crippen molar-refractivity contribution >= 4 is 22.7 Å². The van der Waals surface area contributed by atoms with E-state index >= 15 is 0 Å². The first kappa shape index (κ1) is 26.0. The van der Waals surface area contributed by atoms with Gasteiger partial charge in [-0.3, -0.25) is 14.1 Å². The van der Waals surface area contributed by atoms with Crippen LogP contribution in [0.5, 0.6) is 0 Å². The maximum Gasteiger partial charge on any atom is 0.329 e. The van der Waals surface area contributed by atoms with Gasteiger partial charge in [-0.25, -0.2) is 4.79 Å². The third kappa shape index (κ3) is 7.32. The molecule has 1 N–H and O–H groups in total. The van der Waals surface area contributed by atoms with E-state index < -0.39 is 0 Å². The van der Waals surface area contributed by atoms with Crippen LogP contribution in [0.15, 0.2) is 45.3 Å². The van der Waals surface area contributed by atoms with E-state index in [0.717, 1.165) is 38.2 Å². The number of allylic oxidation sites excluding steroid dienone is 3. The highest BCUT2D eigenvalue weighted by molar-refractivity contribution is 6.65. The Balaban J connectivity index is 0.00000233. The first-order chi connectivity index (χ1) is 15.0. The smallest absolute Gasteiger partial charge is 0.329 e. The molecule has 31 heavy (non-hydrogen) atoms. The third-order valence-corrected chi connectivity index (χ3v) is 4.93. The van der Waals surface area contributed by atoms with Crippen LogP contribution in [0.3, 0.4) is 0 Å². The molecule has 1 aliphatic heterocycles. The van der Waals surface area contributed by atoms with E-state index in [1.165, 1.54) is 0 Å². The van der Waals surface area contributed by atoms with Crippen molar-refractivity contribution in [2.45, 2.75) is 33.4 Å². The number of terminal acetylenes is 1. The van der Waals surface area contributed by atoms with Gasteiger partial charge in [-0.1, -0.05) is 23.6 Å². The number of aromatic nitrogens is 2. The molecule has 2 heterocycles. The topological polar surface area (TPSA) is 66.9 Å². The van der Waals surface area contributed by atoms with Crippen LogP contribution in [0.1, 0.15) is 26.0 Å². The Morgan fingerprint density at radius 2 is 2.06 bits per heavy atom. The number of halogens is 1. The standard InChI is InChI=1S/C21H29ClN6O.C2H2/c1-5-8-12-28-18(16-27(21(28)29)15-17(7-3)9-6-2)19(25-20(22)23-4)26-13-10-24-11-14-26;1-2/h6-7,16,24H,2,9-15H2,1,3-4H3;1-2H/b17-7+,23-20?,25-19+;. The highest BCUT2D eigenvalue weighted by atomic mass is 35.5. The molecule has 0 unspecified atom stereocenters. The summed E-state index contributed by atoms with van der Waals surface area (Å²) in [7, 11) is 1.59. The molecule has 166 valence electrons. The highest BCUT2D eigenvalue weighted by Gasteiger charge is 2.23. The van der Waals surface area contributed by atoms with Crippen LogP contribution in [0.4, 0.5) is 0 Å².